The number of ether oxygens (including phenoxy) is 1. The Bertz CT molecular complexity index is 998. The standard InChI is InChI=1S/C25H29BrN4O3/c26-22-3-4-23-21(12-22)15-28-16-25(32)30-10-7-19(20(17-30)2-1-11-33-23)13-24(31)29-14-18-5-8-27-9-6-18/h1-6,8-9,12,19-20,28H,7,10-11,13-17H2,(H,29,31)/b2-1+/t19-,20-/m0/s1. The zero-order chi connectivity index (χ0) is 23.0. The van der Waals surface area contributed by atoms with Crippen molar-refractivity contribution in [2.24, 2.45) is 11.8 Å². The van der Waals surface area contributed by atoms with Crippen molar-refractivity contribution in [2.45, 2.75) is 25.9 Å². The molecule has 1 saturated heterocycles. The molecular formula is C25H29BrN4O3. The summed E-state index contributed by atoms with van der Waals surface area (Å²) in [5, 5.41) is 6.27. The first-order chi connectivity index (χ1) is 16.1. The molecule has 2 bridgehead atoms. The lowest BCUT2D eigenvalue weighted by Gasteiger charge is -2.37. The Hall–Kier alpha value is -2.71. The first-order valence-electron chi connectivity index (χ1n) is 11.3. The molecule has 0 saturated carbocycles. The van der Waals surface area contributed by atoms with Crippen LogP contribution in [0.4, 0.5) is 0 Å². The number of hydrogen-bond acceptors (Lipinski definition) is 5. The number of carbonyl (C=O) groups excluding carboxylic acids is 2. The number of amides is 2. The molecule has 8 heteroatoms. The molecule has 0 radical (unpaired) electrons. The second kappa shape index (κ2) is 11.4. The summed E-state index contributed by atoms with van der Waals surface area (Å²) < 4.78 is 6.97. The van der Waals surface area contributed by atoms with Gasteiger partial charge in [0.05, 0.1) is 6.54 Å². The zero-order valence-corrected chi connectivity index (χ0v) is 20.1. The minimum absolute atomic E-state index is 0.0327. The average molecular weight is 513 g/mol. The molecule has 1 aromatic carbocycles. The van der Waals surface area contributed by atoms with Gasteiger partial charge >= 0.3 is 0 Å². The fourth-order valence-corrected chi connectivity index (χ4v) is 4.76. The van der Waals surface area contributed by atoms with Crippen molar-refractivity contribution >= 4 is 27.7 Å². The SMILES string of the molecule is O=C(C[C@@H]1CCN2C[C@@H]1/C=C/COc1ccc(Br)cc1CNCC2=O)NCc1ccncc1. The Balaban J connectivity index is 1.41. The third-order valence-electron chi connectivity index (χ3n) is 6.18. The number of hydrogen-bond donors (Lipinski definition) is 2. The van der Waals surface area contributed by atoms with Crippen LogP contribution in [0.3, 0.4) is 0 Å². The van der Waals surface area contributed by atoms with Gasteiger partial charge in [-0.2, -0.15) is 0 Å². The molecule has 3 heterocycles. The predicted molar refractivity (Wildman–Crippen MR) is 129 cm³/mol. The van der Waals surface area contributed by atoms with Gasteiger partial charge in [0.15, 0.2) is 0 Å². The fourth-order valence-electron chi connectivity index (χ4n) is 4.35. The van der Waals surface area contributed by atoms with Gasteiger partial charge in [-0.3, -0.25) is 14.6 Å². The highest BCUT2D eigenvalue weighted by atomic mass is 79.9. The lowest BCUT2D eigenvalue weighted by atomic mass is 9.82. The molecule has 0 aliphatic carbocycles. The summed E-state index contributed by atoms with van der Waals surface area (Å²) in [7, 11) is 0. The van der Waals surface area contributed by atoms with Gasteiger partial charge in [0.25, 0.3) is 0 Å². The molecular weight excluding hydrogens is 484 g/mol. The lowest BCUT2D eigenvalue weighted by Crippen LogP contribution is -2.47. The average Bonchev–Trinajstić information content (AvgIpc) is 2.83. The maximum atomic E-state index is 12.8. The molecule has 2 aliphatic rings. The van der Waals surface area contributed by atoms with Crippen LogP contribution in [0, 0.1) is 11.8 Å². The van der Waals surface area contributed by atoms with Crippen LogP contribution in [0.15, 0.2) is 59.4 Å². The summed E-state index contributed by atoms with van der Waals surface area (Å²) in [6.07, 6.45) is 8.82. The highest BCUT2D eigenvalue weighted by molar-refractivity contribution is 9.10. The van der Waals surface area contributed by atoms with Crippen LogP contribution in [0.25, 0.3) is 0 Å². The third-order valence-corrected chi connectivity index (χ3v) is 6.67. The van der Waals surface area contributed by atoms with Crippen molar-refractivity contribution < 1.29 is 14.3 Å². The van der Waals surface area contributed by atoms with Gasteiger partial charge in [0.1, 0.15) is 12.4 Å². The van der Waals surface area contributed by atoms with Gasteiger partial charge in [0.2, 0.25) is 11.8 Å². The lowest BCUT2D eigenvalue weighted by molar-refractivity contribution is -0.132. The van der Waals surface area contributed by atoms with Crippen LogP contribution in [0.1, 0.15) is 24.0 Å². The van der Waals surface area contributed by atoms with Crippen LogP contribution >= 0.6 is 15.9 Å². The van der Waals surface area contributed by atoms with Crippen LogP contribution in [0.5, 0.6) is 5.75 Å². The monoisotopic (exact) mass is 512 g/mol. The van der Waals surface area contributed by atoms with Crippen LogP contribution in [0.2, 0.25) is 0 Å². The molecule has 0 unspecified atom stereocenters. The molecule has 2 aliphatic heterocycles. The molecule has 33 heavy (non-hydrogen) atoms. The molecule has 2 aromatic rings. The van der Waals surface area contributed by atoms with E-state index in [2.05, 4.69) is 37.6 Å². The number of fused-ring (bicyclic) bond motifs is 3. The second-order valence-electron chi connectivity index (χ2n) is 8.48. The summed E-state index contributed by atoms with van der Waals surface area (Å²) in [6.45, 7) is 3.07. The molecule has 174 valence electrons. The van der Waals surface area contributed by atoms with Crippen LogP contribution in [-0.2, 0) is 22.7 Å². The molecule has 2 atom stereocenters. The quantitative estimate of drug-likeness (QED) is 0.615. The summed E-state index contributed by atoms with van der Waals surface area (Å²) >= 11 is 3.50. The van der Waals surface area contributed by atoms with Crippen LogP contribution < -0.4 is 15.4 Å². The van der Waals surface area contributed by atoms with Crippen molar-refractivity contribution in [3.63, 3.8) is 0 Å². The van der Waals surface area contributed by atoms with E-state index in [1.54, 1.807) is 12.4 Å². The van der Waals surface area contributed by atoms with Gasteiger partial charge in [-0.15, -0.1) is 0 Å². The number of aromatic nitrogens is 1. The van der Waals surface area contributed by atoms with E-state index in [1.807, 2.05) is 41.3 Å². The van der Waals surface area contributed by atoms with Gasteiger partial charge < -0.3 is 20.3 Å². The molecule has 2 N–H and O–H groups in total. The first-order valence-corrected chi connectivity index (χ1v) is 12.1. The number of carbonyl (C=O) groups is 2. The van der Waals surface area contributed by atoms with Gasteiger partial charge in [0, 0.05) is 55.0 Å². The number of nitrogens with one attached hydrogen (secondary N) is 2. The number of benzene rings is 1. The molecule has 7 nitrogen and oxygen atoms in total. The van der Waals surface area contributed by atoms with Crippen molar-refractivity contribution in [1.29, 1.82) is 0 Å². The Morgan fingerprint density at radius 2 is 2.09 bits per heavy atom. The maximum absolute atomic E-state index is 12.8. The minimum Gasteiger partial charge on any atom is -0.489 e. The van der Waals surface area contributed by atoms with Crippen molar-refractivity contribution in [2.75, 3.05) is 26.2 Å². The molecule has 1 aromatic heterocycles. The Labute approximate surface area is 202 Å². The number of nitrogens with zero attached hydrogens (tertiary/aromatic N) is 2. The topological polar surface area (TPSA) is 83.6 Å². The molecule has 1 fully saturated rings. The zero-order valence-electron chi connectivity index (χ0n) is 18.5. The highest BCUT2D eigenvalue weighted by Crippen LogP contribution is 2.29. The minimum atomic E-state index is 0.0327. The van der Waals surface area contributed by atoms with E-state index in [1.165, 1.54) is 0 Å². The smallest absolute Gasteiger partial charge is 0.236 e. The van der Waals surface area contributed by atoms with Gasteiger partial charge in [-0.25, -0.2) is 0 Å². The number of piperidine rings is 1. The molecule has 2 amide bonds. The number of halogens is 1. The van der Waals surface area contributed by atoms with E-state index in [-0.39, 0.29) is 30.2 Å². The molecule has 4 rings (SSSR count). The van der Waals surface area contributed by atoms with E-state index in [9.17, 15) is 9.59 Å². The predicted octanol–water partition coefficient (Wildman–Crippen LogP) is 3.05. The van der Waals surface area contributed by atoms with Crippen LogP contribution in [-0.4, -0.2) is 47.9 Å². The van der Waals surface area contributed by atoms with Gasteiger partial charge in [-0.05, 0) is 54.2 Å². The summed E-state index contributed by atoms with van der Waals surface area (Å²) in [5.41, 5.74) is 2.03. The summed E-state index contributed by atoms with van der Waals surface area (Å²) in [4.78, 5) is 31.3. The third kappa shape index (κ3) is 6.65. The van der Waals surface area contributed by atoms with Crippen molar-refractivity contribution in [3.05, 3.63) is 70.5 Å². The largest absolute Gasteiger partial charge is 0.489 e. The second-order valence-corrected chi connectivity index (χ2v) is 9.40. The van der Waals surface area contributed by atoms with E-state index >= 15 is 0 Å². The van der Waals surface area contributed by atoms with Crippen molar-refractivity contribution in [3.8, 4) is 5.75 Å². The summed E-state index contributed by atoms with van der Waals surface area (Å²) in [5.74, 6) is 1.22. The summed E-state index contributed by atoms with van der Waals surface area (Å²) in [6, 6.07) is 9.69. The first kappa shape index (κ1) is 23.4. The number of pyridine rings is 1. The molecule has 0 spiro atoms. The van der Waals surface area contributed by atoms with Gasteiger partial charge in [-0.1, -0.05) is 28.1 Å². The normalized spacial score (nSPS) is 22.1. The van der Waals surface area contributed by atoms with E-state index in [4.69, 9.17) is 4.74 Å². The Kier molecular flexibility index (Phi) is 8.12. The Morgan fingerprint density at radius 3 is 2.94 bits per heavy atom. The highest BCUT2D eigenvalue weighted by Gasteiger charge is 2.31. The van der Waals surface area contributed by atoms with E-state index in [0.717, 1.165) is 27.8 Å². The van der Waals surface area contributed by atoms with E-state index in [0.29, 0.717) is 39.2 Å². The van der Waals surface area contributed by atoms with Crippen molar-refractivity contribution in [1.82, 2.24) is 20.5 Å². The Morgan fingerprint density at radius 1 is 1.24 bits per heavy atom. The fraction of sp³-hybridized carbons (Fsp3) is 0.400. The van der Waals surface area contributed by atoms with E-state index < -0.39 is 0 Å². The maximum Gasteiger partial charge on any atom is 0.236 e. The number of rotatable bonds is 4.